The number of nitro groups is 1. The van der Waals surface area contributed by atoms with Crippen molar-refractivity contribution in [1.29, 1.82) is 0 Å². The summed E-state index contributed by atoms with van der Waals surface area (Å²) in [6, 6.07) is 1.52. The number of pyridine rings is 1. The highest BCUT2D eigenvalue weighted by molar-refractivity contribution is 9.10. The van der Waals surface area contributed by atoms with E-state index in [0.717, 1.165) is 0 Å². The van der Waals surface area contributed by atoms with E-state index in [0.29, 0.717) is 30.8 Å². The van der Waals surface area contributed by atoms with E-state index in [-0.39, 0.29) is 16.9 Å². The topological polar surface area (TPSA) is 107 Å². The molecule has 1 spiro atoms. The number of halogens is 1. The molecule has 0 amide bonds. The number of ether oxygens (including phenoxy) is 2. The van der Waals surface area contributed by atoms with Crippen LogP contribution in [0.15, 0.2) is 16.7 Å². The van der Waals surface area contributed by atoms with Crippen LogP contribution in [-0.4, -0.2) is 59.9 Å². The van der Waals surface area contributed by atoms with Crippen LogP contribution in [0, 0.1) is 15.5 Å². The first kappa shape index (κ1) is 17.1. The van der Waals surface area contributed by atoms with E-state index in [1.54, 1.807) is 6.92 Å². The number of methoxy groups -OCH3 is 1. The van der Waals surface area contributed by atoms with E-state index in [1.165, 1.54) is 19.4 Å². The summed E-state index contributed by atoms with van der Waals surface area (Å²) in [5, 5.41) is 14.2. The molecule has 1 aromatic rings. The summed E-state index contributed by atoms with van der Waals surface area (Å²) in [4.78, 5) is 28.7. The summed E-state index contributed by atoms with van der Waals surface area (Å²) in [5.74, 6) is -0.873. The first-order valence-corrected chi connectivity index (χ1v) is 8.08. The molecule has 1 aromatic heterocycles. The quantitative estimate of drug-likeness (QED) is 0.448. The fraction of sp³-hybridized carbons (Fsp3) is 0.571. The molecule has 2 aliphatic heterocycles. The Labute approximate surface area is 146 Å². The van der Waals surface area contributed by atoms with Gasteiger partial charge in [0.2, 0.25) is 0 Å². The number of anilines is 1. The first-order valence-electron chi connectivity index (χ1n) is 7.29. The molecule has 0 bridgehead atoms. The molecule has 1 unspecified atom stereocenters. The Morgan fingerprint density at radius 2 is 2.25 bits per heavy atom. The molecule has 1 atom stereocenters. The zero-order valence-electron chi connectivity index (χ0n) is 13.2. The minimum atomic E-state index is -1.23. The minimum absolute atomic E-state index is 0.0818. The van der Waals surface area contributed by atoms with Gasteiger partial charge >= 0.3 is 11.8 Å². The van der Waals surface area contributed by atoms with E-state index in [2.05, 4.69) is 26.2 Å². The molecular formula is C14H17BrN4O5. The number of likely N-dealkylation sites (tertiary alicyclic amines) is 1. The molecule has 0 aliphatic carbocycles. The number of nitrogens with zero attached hydrogens (tertiary/aromatic N) is 3. The lowest BCUT2D eigenvalue weighted by molar-refractivity contribution is -0.388. The number of carbonyl (C=O) groups is 1. The van der Waals surface area contributed by atoms with Gasteiger partial charge in [-0.05, 0) is 38.8 Å². The number of rotatable bonds is 5. The predicted octanol–water partition coefficient (Wildman–Crippen LogP) is 1.39. The van der Waals surface area contributed by atoms with Crippen molar-refractivity contribution in [3.8, 4) is 0 Å². The van der Waals surface area contributed by atoms with Crippen LogP contribution in [0.1, 0.15) is 6.92 Å². The van der Waals surface area contributed by atoms with Gasteiger partial charge in [-0.25, -0.2) is 4.79 Å². The maximum Gasteiger partial charge on any atom is 0.387 e. The Morgan fingerprint density at radius 1 is 1.58 bits per heavy atom. The van der Waals surface area contributed by atoms with Crippen molar-refractivity contribution in [3.05, 3.63) is 26.9 Å². The third-order valence-electron chi connectivity index (χ3n) is 4.47. The second kappa shape index (κ2) is 5.94. The first-order chi connectivity index (χ1) is 11.3. The molecule has 130 valence electrons. The summed E-state index contributed by atoms with van der Waals surface area (Å²) >= 11 is 3.24. The van der Waals surface area contributed by atoms with Gasteiger partial charge in [-0.2, -0.15) is 0 Å². The minimum Gasteiger partial charge on any atom is -0.466 e. The van der Waals surface area contributed by atoms with Crippen molar-refractivity contribution in [3.63, 3.8) is 0 Å². The van der Waals surface area contributed by atoms with Crippen LogP contribution in [0.3, 0.4) is 0 Å². The van der Waals surface area contributed by atoms with Crippen molar-refractivity contribution in [1.82, 2.24) is 9.88 Å². The van der Waals surface area contributed by atoms with Gasteiger partial charge in [0.05, 0.1) is 24.8 Å². The normalized spacial score (nSPS) is 21.3. The van der Waals surface area contributed by atoms with E-state index in [9.17, 15) is 14.9 Å². The van der Waals surface area contributed by atoms with Crippen molar-refractivity contribution in [2.24, 2.45) is 5.41 Å². The molecule has 24 heavy (non-hydrogen) atoms. The molecule has 2 saturated heterocycles. The molecule has 2 fully saturated rings. The van der Waals surface area contributed by atoms with Crippen LogP contribution in [0.25, 0.3) is 0 Å². The number of hydrogen-bond acceptors (Lipinski definition) is 8. The molecule has 1 N–H and O–H groups in total. The van der Waals surface area contributed by atoms with Gasteiger partial charge < -0.3 is 24.9 Å². The predicted molar refractivity (Wildman–Crippen MR) is 87.5 cm³/mol. The van der Waals surface area contributed by atoms with Crippen LogP contribution in [0.5, 0.6) is 0 Å². The van der Waals surface area contributed by atoms with Crippen LogP contribution in [-0.2, 0) is 14.3 Å². The Kier molecular flexibility index (Phi) is 4.22. The number of aromatic nitrogens is 1. The van der Waals surface area contributed by atoms with E-state index in [1.807, 2.05) is 4.90 Å². The van der Waals surface area contributed by atoms with Gasteiger partial charge in [0.25, 0.3) is 0 Å². The van der Waals surface area contributed by atoms with E-state index in [4.69, 9.17) is 9.47 Å². The molecule has 0 aromatic carbocycles. The van der Waals surface area contributed by atoms with Gasteiger partial charge in [-0.1, -0.05) is 0 Å². The second-order valence-corrected chi connectivity index (χ2v) is 7.24. The molecule has 3 heterocycles. The molecule has 3 rings (SSSR count). The summed E-state index contributed by atoms with van der Waals surface area (Å²) in [6.07, 6.45) is 1.34. The van der Waals surface area contributed by atoms with Crippen molar-refractivity contribution >= 4 is 33.4 Å². The Bertz CT molecular complexity index is 688. The standard InChI is InChI=1S/C14H17BrN4O5/c1-13(12(20)23-2,18-5-14(6-18)7-24-8-14)17-10-3-9(15)4-16-11(10)19(21)22/h3-4,17H,5-8H2,1-2H3. The highest BCUT2D eigenvalue weighted by Crippen LogP contribution is 2.42. The molecular weight excluding hydrogens is 384 g/mol. The number of hydrogen-bond donors (Lipinski definition) is 1. The number of esters is 1. The molecule has 10 heteroatoms. The summed E-state index contributed by atoms with van der Waals surface area (Å²) in [5.41, 5.74) is -1.01. The van der Waals surface area contributed by atoms with Gasteiger partial charge in [0.15, 0.2) is 11.9 Å². The van der Waals surface area contributed by atoms with E-state index < -0.39 is 16.6 Å². The lowest BCUT2D eigenvalue weighted by Gasteiger charge is -2.59. The Morgan fingerprint density at radius 3 is 2.75 bits per heavy atom. The Balaban J connectivity index is 1.89. The third kappa shape index (κ3) is 2.74. The summed E-state index contributed by atoms with van der Waals surface area (Å²) in [7, 11) is 1.29. The van der Waals surface area contributed by atoms with Gasteiger partial charge in [-0.3, -0.25) is 4.90 Å². The number of nitrogens with one attached hydrogen (secondary N) is 1. The molecule has 0 radical (unpaired) electrons. The maximum absolute atomic E-state index is 12.4. The van der Waals surface area contributed by atoms with Crippen molar-refractivity contribution < 1.29 is 19.2 Å². The fourth-order valence-electron chi connectivity index (χ4n) is 3.04. The van der Waals surface area contributed by atoms with Gasteiger partial charge in [-0.15, -0.1) is 0 Å². The van der Waals surface area contributed by atoms with Crippen LogP contribution in [0.4, 0.5) is 11.5 Å². The third-order valence-corrected chi connectivity index (χ3v) is 4.90. The summed E-state index contributed by atoms with van der Waals surface area (Å²) < 4.78 is 10.7. The monoisotopic (exact) mass is 400 g/mol. The SMILES string of the molecule is COC(=O)C(C)(Nc1cc(Br)cnc1[N+](=O)[O-])N1CC2(COC2)C1. The molecule has 2 aliphatic rings. The van der Waals surface area contributed by atoms with E-state index >= 15 is 0 Å². The smallest absolute Gasteiger partial charge is 0.387 e. The highest BCUT2D eigenvalue weighted by Gasteiger charge is 2.57. The average Bonchev–Trinajstić information content (AvgIpc) is 2.42. The van der Waals surface area contributed by atoms with Crippen LogP contribution >= 0.6 is 15.9 Å². The van der Waals surface area contributed by atoms with Crippen molar-refractivity contribution in [2.75, 3.05) is 38.7 Å². The Hall–Kier alpha value is -1.78. The molecule has 0 saturated carbocycles. The number of carbonyl (C=O) groups excluding carboxylic acids is 1. The lowest BCUT2D eigenvalue weighted by atomic mass is 9.76. The van der Waals surface area contributed by atoms with Gasteiger partial charge in [0.1, 0.15) is 5.69 Å². The fourth-order valence-corrected chi connectivity index (χ4v) is 3.37. The zero-order chi connectivity index (χ0) is 17.5. The van der Waals surface area contributed by atoms with Crippen LogP contribution < -0.4 is 5.32 Å². The maximum atomic E-state index is 12.4. The lowest BCUT2D eigenvalue weighted by Crippen LogP contribution is -2.74. The second-order valence-electron chi connectivity index (χ2n) is 6.32. The van der Waals surface area contributed by atoms with Crippen molar-refractivity contribution in [2.45, 2.75) is 12.6 Å². The largest absolute Gasteiger partial charge is 0.466 e. The highest BCUT2D eigenvalue weighted by atomic mass is 79.9. The summed E-state index contributed by atoms with van der Waals surface area (Å²) in [6.45, 7) is 4.29. The van der Waals surface area contributed by atoms with Gasteiger partial charge in [0, 0.05) is 18.5 Å². The molecule has 9 nitrogen and oxygen atoms in total. The van der Waals surface area contributed by atoms with Crippen LogP contribution in [0.2, 0.25) is 0 Å². The zero-order valence-corrected chi connectivity index (χ0v) is 14.8. The average molecular weight is 401 g/mol.